The first-order valence-electron chi connectivity index (χ1n) is 15.8. The number of hydrogen-bond donors (Lipinski definition) is 1. The van der Waals surface area contributed by atoms with Gasteiger partial charge in [0.15, 0.2) is 11.6 Å². The molecule has 4 atom stereocenters. The molecule has 2 aromatic carbocycles. The number of benzene rings is 2. The van der Waals surface area contributed by atoms with Crippen LogP contribution in [0, 0.1) is 17.8 Å². The van der Waals surface area contributed by atoms with Crippen LogP contribution in [-0.2, 0) is 25.7 Å². The number of Topliss-reactive ketones (excluding diaryl/α,β-unsaturated/α-hetero) is 1. The number of likely N-dealkylation sites (tertiary alicyclic amines) is 2. The van der Waals surface area contributed by atoms with Crippen LogP contribution in [0.5, 0.6) is 11.5 Å². The SMILES string of the molecule is CC1=CC(=O)C2=C(C1=O)[C@@H](c1cc(OC(F)(F)F)ccc1O)C1=CC[C@@H]3C(=O)N(C4CCN(Cc5ccccc5)CC4)C(=O)[C@@H]3[C@@H]1C2. The van der Waals surface area contributed by atoms with Gasteiger partial charge in [-0.2, -0.15) is 0 Å². The number of phenolic OH excluding ortho intramolecular Hbond substituents is 1. The summed E-state index contributed by atoms with van der Waals surface area (Å²) >= 11 is 0. The van der Waals surface area contributed by atoms with Crippen molar-refractivity contribution in [1.82, 2.24) is 9.80 Å². The number of piperidine rings is 1. The molecule has 0 spiro atoms. The summed E-state index contributed by atoms with van der Waals surface area (Å²) in [6.45, 7) is 3.70. The quantitative estimate of drug-likeness (QED) is 0.264. The van der Waals surface area contributed by atoms with Crippen LogP contribution in [0.2, 0.25) is 0 Å². The van der Waals surface area contributed by atoms with Crippen molar-refractivity contribution < 1.29 is 42.2 Å². The summed E-state index contributed by atoms with van der Waals surface area (Å²) in [4.78, 5) is 58.8. The van der Waals surface area contributed by atoms with Gasteiger partial charge in [0.25, 0.3) is 0 Å². The molecule has 0 bridgehead atoms. The molecule has 0 radical (unpaired) electrons. The number of nitrogens with zero attached hydrogens (tertiary/aromatic N) is 2. The summed E-state index contributed by atoms with van der Waals surface area (Å²) in [5.41, 5.74) is 2.10. The molecule has 0 unspecified atom stereocenters. The lowest BCUT2D eigenvalue weighted by molar-refractivity contribution is -0.274. The monoisotopic (exact) mass is 646 g/mol. The number of allylic oxidation sites excluding steroid dienone is 6. The molecule has 2 aliphatic heterocycles. The molecule has 0 saturated carbocycles. The highest BCUT2D eigenvalue weighted by Gasteiger charge is 2.57. The van der Waals surface area contributed by atoms with Gasteiger partial charge in [0, 0.05) is 53.9 Å². The molecule has 0 aromatic heterocycles. The number of hydrogen-bond acceptors (Lipinski definition) is 7. The molecule has 1 N–H and O–H groups in total. The van der Waals surface area contributed by atoms with Crippen LogP contribution < -0.4 is 4.74 Å². The maximum Gasteiger partial charge on any atom is 0.573 e. The minimum Gasteiger partial charge on any atom is -0.508 e. The predicted molar refractivity (Wildman–Crippen MR) is 163 cm³/mol. The number of ketones is 2. The third-order valence-electron chi connectivity index (χ3n) is 10.3. The highest BCUT2D eigenvalue weighted by atomic mass is 19.4. The summed E-state index contributed by atoms with van der Waals surface area (Å²) in [6, 6.07) is 12.9. The van der Waals surface area contributed by atoms with Crippen LogP contribution in [0.15, 0.2) is 83.0 Å². The topological polar surface area (TPSA) is 104 Å². The molecule has 3 aliphatic carbocycles. The second-order valence-electron chi connectivity index (χ2n) is 13.0. The van der Waals surface area contributed by atoms with Gasteiger partial charge < -0.3 is 9.84 Å². The Morgan fingerprint density at radius 1 is 0.957 bits per heavy atom. The standard InChI is InChI=1S/C36H33F3N2O6/c1-19-15-29(43)27-17-25-23(30(32(27)33(19)44)26-16-22(7-10-28(26)42)47-36(37,38)39)8-9-24-31(25)35(46)41(34(24)45)21-11-13-40(14-12-21)18-20-5-3-2-4-6-20/h2-8,10,15-16,21,24-25,30-31,42H,9,11-14,17-18H2,1H3/t24-,25+,30+,31-/m0/s1. The van der Waals surface area contributed by atoms with Crippen LogP contribution in [0.3, 0.4) is 0 Å². The van der Waals surface area contributed by atoms with E-state index in [-0.39, 0.29) is 58.7 Å². The fraction of sp³-hybridized carbons (Fsp3) is 0.389. The Balaban J connectivity index is 1.21. The lowest BCUT2D eigenvalue weighted by atomic mass is 9.59. The number of fused-ring (bicyclic) bond motifs is 3. The number of carbonyl (C=O) groups excluding carboxylic acids is 4. The highest BCUT2D eigenvalue weighted by Crippen LogP contribution is 2.56. The third kappa shape index (κ3) is 5.50. The number of amides is 2. The lowest BCUT2D eigenvalue weighted by Crippen LogP contribution is -2.47. The van der Waals surface area contributed by atoms with Gasteiger partial charge in [0.1, 0.15) is 11.5 Å². The van der Waals surface area contributed by atoms with E-state index >= 15 is 0 Å². The molecule has 244 valence electrons. The number of rotatable bonds is 5. The van der Waals surface area contributed by atoms with Crippen molar-refractivity contribution in [2.75, 3.05) is 13.1 Å². The Hall–Kier alpha value is -4.51. The number of imide groups is 1. The Kier molecular flexibility index (Phi) is 7.69. The fourth-order valence-corrected chi connectivity index (χ4v) is 8.24. The molecule has 5 aliphatic rings. The predicted octanol–water partition coefficient (Wildman–Crippen LogP) is 5.38. The summed E-state index contributed by atoms with van der Waals surface area (Å²) < 4.78 is 43.6. The molecular weight excluding hydrogens is 613 g/mol. The second kappa shape index (κ2) is 11.6. The first kappa shape index (κ1) is 31.1. The highest BCUT2D eigenvalue weighted by molar-refractivity contribution is 6.24. The maximum atomic E-state index is 14.2. The van der Waals surface area contributed by atoms with Crippen LogP contribution in [0.25, 0.3) is 0 Å². The zero-order valence-electron chi connectivity index (χ0n) is 25.6. The average Bonchev–Trinajstić information content (AvgIpc) is 3.29. The maximum absolute atomic E-state index is 14.2. The van der Waals surface area contributed by atoms with Crippen LogP contribution in [0.1, 0.15) is 49.7 Å². The number of ether oxygens (including phenoxy) is 1. The number of carbonyl (C=O) groups is 4. The second-order valence-corrected chi connectivity index (χ2v) is 13.0. The van der Waals surface area contributed by atoms with E-state index in [0.29, 0.717) is 18.4 Å². The van der Waals surface area contributed by atoms with Gasteiger partial charge >= 0.3 is 6.36 Å². The zero-order valence-corrected chi connectivity index (χ0v) is 25.6. The van der Waals surface area contributed by atoms with Crippen LogP contribution >= 0.6 is 0 Å². The van der Waals surface area contributed by atoms with E-state index in [9.17, 15) is 37.5 Å². The van der Waals surface area contributed by atoms with Gasteiger partial charge in [-0.05, 0) is 68.4 Å². The van der Waals surface area contributed by atoms with Gasteiger partial charge in [0.05, 0.1) is 11.8 Å². The summed E-state index contributed by atoms with van der Waals surface area (Å²) in [7, 11) is 0. The van der Waals surface area contributed by atoms with E-state index < -0.39 is 47.3 Å². The first-order chi connectivity index (χ1) is 22.4. The Labute approximate surface area is 269 Å². The number of halogens is 3. The normalized spacial score (nSPS) is 26.9. The summed E-state index contributed by atoms with van der Waals surface area (Å²) in [6.07, 6.45) is -0.506. The Morgan fingerprint density at radius 3 is 2.38 bits per heavy atom. The molecule has 2 amide bonds. The van der Waals surface area contributed by atoms with E-state index in [1.807, 2.05) is 18.2 Å². The molecule has 47 heavy (non-hydrogen) atoms. The van der Waals surface area contributed by atoms with E-state index in [2.05, 4.69) is 21.8 Å². The van der Waals surface area contributed by atoms with Crippen molar-refractivity contribution in [2.24, 2.45) is 17.8 Å². The molecule has 7 rings (SSSR count). The molecule has 2 heterocycles. The van der Waals surface area contributed by atoms with E-state index in [4.69, 9.17) is 0 Å². The molecule has 2 aromatic rings. The summed E-state index contributed by atoms with van der Waals surface area (Å²) in [5.74, 6) is -5.64. The van der Waals surface area contributed by atoms with Crippen molar-refractivity contribution in [3.63, 3.8) is 0 Å². The number of aromatic hydroxyl groups is 1. The minimum absolute atomic E-state index is 0.0368. The van der Waals surface area contributed by atoms with Gasteiger partial charge in [-0.25, -0.2) is 0 Å². The van der Waals surface area contributed by atoms with Gasteiger partial charge in [-0.1, -0.05) is 42.0 Å². The lowest BCUT2D eigenvalue weighted by Gasteiger charge is -2.42. The van der Waals surface area contributed by atoms with Crippen molar-refractivity contribution in [3.05, 3.63) is 94.1 Å². The van der Waals surface area contributed by atoms with E-state index in [0.717, 1.165) is 37.8 Å². The Bertz CT molecular complexity index is 1770. The molecule has 8 nitrogen and oxygen atoms in total. The third-order valence-corrected chi connectivity index (χ3v) is 10.3. The molecule has 2 fully saturated rings. The van der Waals surface area contributed by atoms with E-state index in [1.54, 1.807) is 6.08 Å². The average molecular weight is 647 g/mol. The van der Waals surface area contributed by atoms with Crippen LogP contribution in [-0.4, -0.2) is 63.8 Å². The molecule has 2 saturated heterocycles. The largest absolute Gasteiger partial charge is 0.573 e. The van der Waals surface area contributed by atoms with Crippen molar-refractivity contribution in [3.8, 4) is 11.5 Å². The molecular formula is C36H33F3N2O6. The molecule has 11 heteroatoms. The smallest absolute Gasteiger partial charge is 0.508 e. The number of phenols is 1. The Morgan fingerprint density at radius 2 is 1.68 bits per heavy atom. The zero-order chi connectivity index (χ0) is 33.2. The van der Waals surface area contributed by atoms with Crippen molar-refractivity contribution in [2.45, 2.75) is 57.5 Å². The first-order valence-corrected chi connectivity index (χ1v) is 15.8. The fourth-order valence-electron chi connectivity index (χ4n) is 8.24. The van der Waals surface area contributed by atoms with Crippen molar-refractivity contribution in [1.29, 1.82) is 0 Å². The van der Waals surface area contributed by atoms with Gasteiger partial charge in [-0.15, -0.1) is 13.2 Å². The van der Waals surface area contributed by atoms with Gasteiger partial charge in [-0.3, -0.25) is 29.0 Å². The van der Waals surface area contributed by atoms with Crippen molar-refractivity contribution >= 4 is 23.4 Å². The number of alkyl halides is 3. The summed E-state index contributed by atoms with van der Waals surface area (Å²) in [5, 5.41) is 11.0. The minimum atomic E-state index is -5.00. The van der Waals surface area contributed by atoms with Gasteiger partial charge in [0.2, 0.25) is 11.8 Å². The van der Waals surface area contributed by atoms with Crippen LogP contribution in [0.4, 0.5) is 13.2 Å². The van der Waals surface area contributed by atoms with E-state index in [1.165, 1.54) is 23.5 Å².